The third kappa shape index (κ3) is 9.29. The van der Waals surface area contributed by atoms with E-state index in [4.69, 9.17) is 14.2 Å². The predicted molar refractivity (Wildman–Crippen MR) is 131 cm³/mol. The van der Waals surface area contributed by atoms with Gasteiger partial charge in [-0.2, -0.15) is 0 Å². The molecule has 1 unspecified atom stereocenters. The molecule has 2 N–H and O–H groups in total. The fraction of sp³-hybridized carbons (Fsp3) is 0.667. The summed E-state index contributed by atoms with van der Waals surface area (Å²) in [5.74, 6) is 2.83. The van der Waals surface area contributed by atoms with Crippen molar-refractivity contribution in [1.29, 1.82) is 0 Å². The van der Waals surface area contributed by atoms with Gasteiger partial charge in [0, 0.05) is 31.3 Å². The molecule has 29 heavy (non-hydrogen) atoms. The molecule has 0 bridgehead atoms. The lowest BCUT2D eigenvalue weighted by Gasteiger charge is -2.21. The van der Waals surface area contributed by atoms with E-state index in [0.717, 1.165) is 49.7 Å². The second kappa shape index (κ2) is 15.4. The zero-order chi connectivity index (χ0) is 20.9. The molecule has 0 saturated carbocycles. The zero-order valence-corrected chi connectivity index (χ0v) is 21.3. The first-order valence-corrected chi connectivity index (χ1v) is 10.0. The van der Waals surface area contributed by atoms with Gasteiger partial charge < -0.3 is 29.7 Å². The summed E-state index contributed by atoms with van der Waals surface area (Å²) in [6.07, 6.45) is 2.26. The van der Waals surface area contributed by atoms with Crippen molar-refractivity contribution in [2.45, 2.75) is 46.2 Å². The lowest BCUT2D eigenvalue weighted by molar-refractivity contribution is 0.292. The SMILES string of the molecule is CCN(CC)CCCC(C)NC(=NC)NCc1cc(OC)c(OC)cc1OC.I. The van der Waals surface area contributed by atoms with Crippen molar-refractivity contribution >= 4 is 29.9 Å². The van der Waals surface area contributed by atoms with Gasteiger partial charge in [0.25, 0.3) is 0 Å². The van der Waals surface area contributed by atoms with Gasteiger partial charge in [-0.25, -0.2) is 0 Å². The van der Waals surface area contributed by atoms with Crippen LogP contribution in [0, 0.1) is 0 Å². The summed E-state index contributed by atoms with van der Waals surface area (Å²) < 4.78 is 16.2. The molecule has 0 aliphatic rings. The Balaban J connectivity index is 0.00000784. The Hall–Kier alpha value is -1.42. The van der Waals surface area contributed by atoms with Crippen LogP contribution in [0.3, 0.4) is 0 Å². The molecule has 8 heteroatoms. The number of nitrogens with zero attached hydrogens (tertiary/aromatic N) is 2. The van der Waals surface area contributed by atoms with Gasteiger partial charge >= 0.3 is 0 Å². The number of benzene rings is 1. The molecule has 168 valence electrons. The van der Waals surface area contributed by atoms with Crippen LogP contribution in [0.2, 0.25) is 0 Å². The highest BCUT2D eigenvalue weighted by molar-refractivity contribution is 14.0. The Morgan fingerprint density at radius 1 is 1.03 bits per heavy atom. The maximum atomic E-state index is 5.49. The molecule has 0 aliphatic heterocycles. The van der Waals surface area contributed by atoms with Gasteiger partial charge in [0.1, 0.15) is 5.75 Å². The first-order chi connectivity index (χ1) is 13.5. The Morgan fingerprint density at radius 3 is 2.14 bits per heavy atom. The number of nitrogens with one attached hydrogen (secondary N) is 2. The van der Waals surface area contributed by atoms with E-state index in [1.165, 1.54) is 0 Å². The summed E-state index contributed by atoms with van der Waals surface area (Å²) >= 11 is 0. The van der Waals surface area contributed by atoms with Crippen LogP contribution < -0.4 is 24.8 Å². The number of hydrogen-bond acceptors (Lipinski definition) is 5. The standard InChI is InChI=1S/C21H38N4O3.HI/c1-8-25(9-2)12-10-11-16(3)24-21(22-4)23-15-17-13-19(27-6)20(28-7)14-18(17)26-5;/h13-14,16H,8-12,15H2,1-7H3,(H2,22,23,24);1H. The Labute approximate surface area is 193 Å². The second-order valence-corrected chi connectivity index (χ2v) is 6.66. The van der Waals surface area contributed by atoms with Gasteiger partial charge in [-0.1, -0.05) is 13.8 Å². The molecule has 1 aromatic rings. The number of hydrogen-bond donors (Lipinski definition) is 2. The lowest BCUT2D eigenvalue weighted by Crippen LogP contribution is -2.42. The van der Waals surface area contributed by atoms with E-state index in [-0.39, 0.29) is 24.0 Å². The van der Waals surface area contributed by atoms with Crippen LogP contribution in [0.4, 0.5) is 0 Å². The smallest absolute Gasteiger partial charge is 0.191 e. The fourth-order valence-electron chi connectivity index (χ4n) is 3.07. The summed E-state index contributed by atoms with van der Waals surface area (Å²) in [4.78, 5) is 6.79. The van der Waals surface area contributed by atoms with E-state index in [9.17, 15) is 0 Å². The van der Waals surface area contributed by atoms with E-state index >= 15 is 0 Å². The molecule has 0 spiro atoms. The van der Waals surface area contributed by atoms with E-state index in [1.54, 1.807) is 28.4 Å². The summed E-state index contributed by atoms with van der Waals surface area (Å²) in [6, 6.07) is 4.10. The maximum absolute atomic E-state index is 5.49. The summed E-state index contributed by atoms with van der Waals surface area (Å²) in [5, 5.41) is 6.81. The molecule has 0 fully saturated rings. The number of methoxy groups -OCH3 is 3. The molecule has 1 atom stereocenters. The van der Waals surface area contributed by atoms with E-state index in [1.807, 2.05) is 12.1 Å². The number of aliphatic imine (C=N–C) groups is 1. The van der Waals surface area contributed by atoms with Crippen molar-refractivity contribution in [2.24, 2.45) is 4.99 Å². The number of halogens is 1. The largest absolute Gasteiger partial charge is 0.496 e. The van der Waals surface area contributed by atoms with E-state index in [0.29, 0.717) is 24.1 Å². The first kappa shape index (κ1) is 27.6. The fourth-order valence-corrected chi connectivity index (χ4v) is 3.07. The molecule has 0 amide bonds. The molecule has 1 aromatic carbocycles. The van der Waals surface area contributed by atoms with Gasteiger partial charge in [-0.05, 0) is 45.5 Å². The number of ether oxygens (including phenoxy) is 3. The van der Waals surface area contributed by atoms with Gasteiger partial charge in [-0.3, -0.25) is 4.99 Å². The monoisotopic (exact) mass is 522 g/mol. The van der Waals surface area contributed by atoms with Crippen LogP contribution in [0.1, 0.15) is 39.2 Å². The van der Waals surface area contributed by atoms with Crippen molar-refractivity contribution in [3.8, 4) is 17.2 Å². The summed E-state index contributed by atoms with van der Waals surface area (Å²) in [7, 11) is 6.67. The molecule has 1 rings (SSSR count). The summed E-state index contributed by atoms with van der Waals surface area (Å²) in [5.41, 5.74) is 0.970. The Morgan fingerprint density at radius 2 is 1.62 bits per heavy atom. The average molecular weight is 522 g/mol. The molecular formula is C21H39IN4O3. The maximum Gasteiger partial charge on any atom is 0.191 e. The normalized spacial score (nSPS) is 12.2. The van der Waals surface area contributed by atoms with Gasteiger partial charge in [0.15, 0.2) is 17.5 Å². The van der Waals surface area contributed by atoms with Gasteiger partial charge in [-0.15, -0.1) is 24.0 Å². The van der Waals surface area contributed by atoms with E-state index < -0.39 is 0 Å². The van der Waals surface area contributed by atoms with Crippen LogP contribution in [0.25, 0.3) is 0 Å². The lowest BCUT2D eigenvalue weighted by atomic mass is 10.1. The van der Waals surface area contributed by atoms with Crippen molar-refractivity contribution in [1.82, 2.24) is 15.5 Å². The highest BCUT2D eigenvalue weighted by Crippen LogP contribution is 2.34. The minimum atomic E-state index is 0. The molecule has 0 aromatic heterocycles. The highest BCUT2D eigenvalue weighted by Gasteiger charge is 2.13. The van der Waals surface area contributed by atoms with Crippen LogP contribution >= 0.6 is 24.0 Å². The van der Waals surface area contributed by atoms with Gasteiger partial charge in [0.05, 0.1) is 21.3 Å². The zero-order valence-electron chi connectivity index (χ0n) is 19.0. The van der Waals surface area contributed by atoms with Crippen LogP contribution in [-0.2, 0) is 6.54 Å². The van der Waals surface area contributed by atoms with Crippen LogP contribution in [0.15, 0.2) is 17.1 Å². The highest BCUT2D eigenvalue weighted by atomic mass is 127. The second-order valence-electron chi connectivity index (χ2n) is 6.66. The van der Waals surface area contributed by atoms with Crippen LogP contribution in [0.5, 0.6) is 17.2 Å². The predicted octanol–water partition coefficient (Wildman–Crippen LogP) is 3.51. The quantitative estimate of drug-likeness (QED) is 0.249. The van der Waals surface area contributed by atoms with Crippen molar-refractivity contribution in [3.05, 3.63) is 17.7 Å². The van der Waals surface area contributed by atoms with Crippen molar-refractivity contribution < 1.29 is 14.2 Å². The summed E-state index contributed by atoms with van der Waals surface area (Å²) in [6.45, 7) is 10.5. The van der Waals surface area contributed by atoms with Crippen LogP contribution in [-0.4, -0.2) is 64.9 Å². The van der Waals surface area contributed by atoms with Gasteiger partial charge in [0.2, 0.25) is 0 Å². The minimum absolute atomic E-state index is 0. The number of rotatable bonds is 12. The Bertz CT molecular complexity index is 610. The molecule has 0 radical (unpaired) electrons. The molecular weight excluding hydrogens is 483 g/mol. The molecule has 0 heterocycles. The van der Waals surface area contributed by atoms with Crippen molar-refractivity contribution in [3.63, 3.8) is 0 Å². The van der Waals surface area contributed by atoms with E-state index in [2.05, 4.69) is 41.3 Å². The third-order valence-corrected chi connectivity index (χ3v) is 4.85. The minimum Gasteiger partial charge on any atom is -0.496 e. The number of guanidine groups is 1. The molecule has 0 aliphatic carbocycles. The van der Waals surface area contributed by atoms with Crippen molar-refractivity contribution in [2.75, 3.05) is 48.0 Å². The molecule has 0 saturated heterocycles. The first-order valence-electron chi connectivity index (χ1n) is 10.0. The topological polar surface area (TPSA) is 67.4 Å². The molecule has 7 nitrogen and oxygen atoms in total. The Kier molecular flexibility index (Phi) is 14.7. The average Bonchev–Trinajstić information content (AvgIpc) is 2.73. The third-order valence-electron chi connectivity index (χ3n) is 4.85.